The Bertz CT molecular complexity index is 742. The third kappa shape index (κ3) is 5.18. The first kappa shape index (κ1) is 17.2. The van der Waals surface area contributed by atoms with Crippen molar-refractivity contribution in [1.82, 2.24) is 0 Å². The van der Waals surface area contributed by atoms with E-state index in [0.717, 1.165) is 22.4 Å². The van der Waals surface area contributed by atoms with E-state index >= 15 is 0 Å². The Balaban J connectivity index is 1.52. The monoisotopic (exact) mass is 333 g/mol. The zero-order valence-corrected chi connectivity index (χ0v) is 14.2. The van der Waals surface area contributed by atoms with E-state index in [9.17, 15) is 0 Å². The smallest absolute Gasteiger partial charge is 0.119 e. The van der Waals surface area contributed by atoms with Crippen LogP contribution in [0.15, 0.2) is 84.9 Å². The fraction of sp³-hybridized carbons (Fsp3) is 0.182. The molecule has 0 saturated heterocycles. The largest absolute Gasteiger partial charge is 0.489 e. The fourth-order valence-corrected chi connectivity index (χ4v) is 2.59. The number of ether oxygens (including phenoxy) is 2. The molecule has 1 unspecified atom stereocenters. The van der Waals surface area contributed by atoms with Crippen molar-refractivity contribution in [3.05, 3.63) is 102 Å². The van der Waals surface area contributed by atoms with Gasteiger partial charge in [0.15, 0.2) is 0 Å². The fourth-order valence-electron chi connectivity index (χ4n) is 2.59. The Morgan fingerprint density at radius 1 is 0.680 bits per heavy atom. The molecular formula is C22H23NO2. The lowest BCUT2D eigenvalue weighted by Crippen LogP contribution is -2.15. The highest BCUT2D eigenvalue weighted by atomic mass is 16.5. The van der Waals surface area contributed by atoms with Crippen LogP contribution in [0.5, 0.6) is 5.75 Å². The highest BCUT2D eigenvalue weighted by Gasteiger charge is 2.09. The Labute approximate surface area is 149 Å². The van der Waals surface area contributed by atoms with E-state index in [0.29, 0.717) is 19.8 Å². The average molecular weight is 333 g/mol. The van der Waals surface area contributed by atoms with E-state index < -0.39 is 0 Å². The molecule has 0 aliphatic rings. The van der Waals surface area contributed by atoms with Gasteiger partial charge in [-0.2, -0.15) is 0 Å². The molecular weight excluding hydrogens is 310 g/mol. The maximum atomic E-state index is 5.97. The lowest BCUT2D eigenvalue weighted by atomic mass is 10.1. The van der Waals surface area contributed by atoms with Crippen molar-refractivity contribution < 1.29 is 9.47 Å². The minimum Gasteiger partial charge on any atom is -0.489 e. The summed E-state index contributed by atoms with van der Waals surface area (Å²) in [7, 11) is 0. The van der Waals surface area contributed by atoms with Gasteiger partial charge in [0.05, 0.1) is 12.7 Å². The second-order valence-electron chi connectivity index (χ2n) is 5.86. The van der Waals surface area contributed by atoms with Crippen molar-refractivity contribution in [1.29, 1.82) is 0 Å². The van der Waals surface area contributed by atoms with Gasteiger partial charge in [0.1, 0.15) is 12.4 Å². The van der Waals surface area contributed by atoms with Crippen LogP contribution in [0.3, 0.4) is 0 Å². The second kappa shape index (κ2) is 9.02. The van der Waals surface area contributed by atoms with Crippen LogP contribution in [-0.2, 0) is 18.0 Å². The van der Waals surface area contributed by atoms with E-state index in [1.807, 2.05) is 72.8 Å². The van der Waals surface area contributed by atoms with Crippen LogP contribution in [0.25, 0.3) is 0 Å². The van der Waals surface area contributed by atoms with Crippen molar-refractivity contribution in [2.24, 2.45) is 5.73 Å². The van der Waals surface area contributed by atoms with Gasteiger partial charge in [-0.3, -0.25) is 0 Å². The molecule has 0 fully saturated rings. The molecule has 0 heterocycles. The van der Waals surface area contributed by atoms with Crippen molar-refractivity contribution in [3.8, 4) is 5.75 Å². The van der Waals surface area contributed by atoms with Gasteiger partial charge < -0.3 is 15.2 Å². The molecule has 25 heavy (non-hydrogen) atoms. The van der Waals surface area contributed by atoms with E-state index in [1.54, 1.807) is 0 Å². The summed E-state index contributed by atoms with van der Waals surface area (Å²) in [6.45, 7) is 1.55. The molecule has 0 aliphatic carbocycles. The van der Waals surface area contributed by atoms with Crippen LogP contribution >= 0.6 is 0 Å². The van der Waals surface area contributed by atoms with Gasteiger partial charge in [-0.15, -0.1) is 0 Å². The predicted octanol–water partition coefficient (Wildman–Crippen LogP) is 4.48. The quantitative estimate of drug-likeness (QED) is 0.661. The Morgan fingerprint density at radius 3 is 1.92 bits per heavy atom. The molecule has 0 saturated carbocycles. The standard InChI is InChI=1S/C22H23NO2/c23-15-22(20-9-5-2-6-10-20)25-17-19-11-13-21(14-12-19)24-16-18-7-3-1-4-8-18/h1-14,22H,15-17,23H2. The van der Waals surface area contributed by atoms with Gasteiger partial charge in [0.25, 0.3) is 0 Å². The molecule has 128 valence electrons. The lowest BCUT2D eigenvalue weighted by molar-refractivity contribution is 0.0456. The zero-order chi connectivity index (χ0) is 17.3. The van der Waals surface area contributed by atoms with Crippen molar-refractivity contribution in [3.63, 3.8) is 0 Å². The average Bonchev–Trinajstić information content (AvgIpc) is 2.69. The molecule has 0 spiro atoms. The molecule has 3 rings (SSSR count). The van der Waals surface area contributed by atoms with Gasteiger partial charge in [-0.1, -0.05) is 72.8 Å². The first-order valence-electron chi connectivity index (χ1n) is 8.47. The van der Waals surface area contributed by atoms with Gasteiger partial charge in [0, 0.05) is 6.54 Å². The van der Waals surface area contributed by atoms with Crippen LogP contribution in [-0.4, -0.2) is 6.54 Å². The molecule has 0 radical (unpaired) electrons. The van der Waals surface area contributed by atoms with Gasteiger partial charge in [0.2, 0.25) is 0 Å². The van der Waals surface area contributed by atoms with Crippen molar-refractivity contribution in [2.45, 2.75) is 19.3 Å². The number of nitrogens with two attached hydrogens (primary N) is 1. The Kier molecular flexibility index (Phi) is 6.21. The molecule has 0 aliphatic heterocycles. The minimum absolute atomic E-state index is 0.0878. The number of hydrogen-bond acceptors (Lipinski definition) is 3. The third-order valence-corrected chi connectivity index (χ3v) is 4.01. The number of rotatable bonds is 8. The molecule has 0 bridgehead atoms. The van der Waals surface area contributed by atoms with Gasteiger partial charge in [-0.25, -0.2) is 0 Å². The maximum Gasteiger partial charge on any atom is 0.119 e. The molecule has 1 atom stereocenters. The van der Waals surface area contributed by atoms with Crippen LogP contribution < -0.4 is 10.5 Å². The topological polar surface area (TPSA) is 44.5 Å². The van der Waals surface area contributed by atoms with Crippen molar-refractivity contribution in [2.75, 3.05) is 6.54 Å². The summed E-state index contributed by atoms with van der Waals surface area (Å²) < 4.78 is 11.8. The van der Waals surface area contributed by atoms with E-state index in [2.05, 4.69) is 12.1 Å². The maximum absolute atomic E-state index is 5.97. The summed E-state index contributed by atoms with van der Waals surface area (Å²) in [6, 6.07) is 28.2. The summed E-state index contributed by atoms with van der Waals surface area (Å²) >= 11 is 0. The van der Waals surface area contributed by atoms with Crippen LogP contribution in [0.4, 0.5) is 0 Å². The Morgan fingerprint density at radius 2 is 1.28 bits per heavy atom. The first-order chi connectivity index (χ1) is 12.3. The summed E-state index contributed by atoms with van der Waals surface area (Å²) in [5, 5.41) is 0. The van der Waals surface area contributed by atoms with Crippen LogP contribution in [0.2, 0.25) is 0 Å². The zero-order valence-electron chi connectivity index (χ0n) is 14.2. The molecule has 3 aromatic rings. The van der Waals surface area contributed by atoms with Crippen LogP contribution in [0, 0.1) is 0 Å². The van der Waals surface area contributed by atoms with E-state index in [-0.39, 0.29) is 6.10 Å². The molecule has 3 heteroatoms. The van der Waals surface area contributed by atoms with E-state index in [4.69, 9.17) is 15.2 Å². The number of hydrogen-bond donors (Lipinski definition) is 1. The minimum atomic E-state index is -0.0878. The highest BCUT2D eigenvalue weighted by Crippen LogP contribution is 2.19. The van der Waals surface area contributed by atoms with Gasteiger partial charge in [-0.05, 0) is 28.8 Å². The Hall–Kier alpha value is -2.62. The lowest BCUT2D eigenvalue weighted by Gasteiger charge is -2.16. The molecule has 3 aromatic carbocycles. The second-order valence-corrected chi connectivity index (χ2v) is 5.86. The summed E-state index contributed by atoms with van der Waals surface area (Å²) in [5.74, 6) is 0.853. The predicted molar refractivity (Wildman–Crippen MR) is 100 cm³/mol. The molecule has 0 aromatic heterocycles. The number of benzene rings is 3. The summed E-state index contributed by atoms with van der Waals surface area (Å²) in [6.07, 6.45) is -0.0878. The van der Waals surface area contributed by atoms with Gasteiger partial charge >= 0.3 is 0 Å². The summed E-state index contributed by atoms with van der Waals surface area (Å²) in [5.41, 5.74) is 9.20. The third-order valence-electron chi connectivity index (χ3n) is 4.01. The van der Waals surface area contributed by atoms with Crippen LogP contribution in [0.1, 0.15) is 22.8 Å². The SMILES string of the molecule is NCC(OCc1ccc(OCc2ccccc2)cc1)c1ccccc1. The molecule has 2 N–H and O–H groups in total. The first-order valence-corrected chi connectivity index (χ1v) is 8.47. The highest BCUT2D eigenvalue weighted by molar-refractivity contribution is 5.27. The molecule has 0 amide bonds. The summed E-state index contributed by atoms with van der Waals surface area (Å²) in [4.78, 5) is 0. The van der Waals surface area contributed by atoms with Crippen molar-refractivity contribution >= 4 is 0 Å². The molecule has 3 nitrogen and oxygen atoms in total. The normalized spacial score (nSPS) is 11.9. The van der Waals surface area contributed by atoms with E-state index in [1.165, 1.54) is 0 Å².